The molecule has 0 aromatic carbocycles. The molecule has 1 aliphatic heterocycles. The third-order valence-electron chi connectivity index (χ3n) is 3.22. The van der Waals surface area contributed by atoms with Crippen LogP contribution in [0, 0.1) is 5.41 Å². The molecule has 3 N–H and O–H groups in total. The van der Waals surface area contributed by atoms with Crippen LogP contribution >= 0.6 is 0 Å². The molecule has 1 aliphatic rings. The van der Waals surface area contributed by atoms with Gasteiger partial charge < -0.3 is 20.4 Å². The highest BCUT2D eigenvalue weighted by molar-refractivity contribution is 5.19. The first-order valence-electron chi connectivity index (χ1n) is 5.26. The van der Waals surface area contributed by atoms with Crippen LogP contribution in [0.2, 0.25) is 0 Å². The predicted molar refractivity (Wildman–Crippen MR) is 59.5 cm³/mol. The van der Waals surface area contributed by atoms with E-state index in [0.29, 0.717) is 12.6 Å². The normalized spacial score (nSPS) is 21.3. The largest absolute Gasteiger partial charge is 0.380 e. The molecule has 1 saturated heterocycles. The average Bonchev–Trinajstić information content (AvgIpc) is 2.62. The minimum Gasteiger partial charge on any atom is -0.380 e. The van der Waals surface area contributed by atoms with Gasteiger partial charge in [-0.05, 0) is 25.7 Å². The van der Waals surface area contributed by atoms with Gasteiger partial charge in [-0.2, -0.15) is 0 Å². The number of nitrogens with zero attached hydrogens (tertiary/aromatic N) is 1. The zero-order chi connectivity index (χ0) is 10.9. The van der Waals surface area contributed by atoms with Crippen LogP contribution < -0.4 is 5.73 Å². The van der Waals surface area contributed by atoms with Crippen molar-refractivity contribution < 1.29 is 4.74 Å². The third-order valence-corrected chi connectivity index (χ3v) is 3.22. The van der Waals surface area contributed by atoms with Crippen molar-refractivity contribution in [2.24, 2.45) is 11.1 Å². The van der Waals surface area contributed by atoms with E-state index in [1.54, 1.807) is 0 Å². The number of rotatable bonds is 4. The molecule has 4 nitrogen and oxygen atoms in total. The van der Waals surface area contributed by atoms with Gasteiger partial charge in [0, 0.05) is 30.4 Å². The van der Waals surface area contributed by atoms with Crippen LogP contribution in [0.25, 0.3) is 0 Å². The Balaban J connectivity index is 2.27. The standard InChI is InChI=1S/C11H19N3O/c1-14(2)10(9-3-4-13-5-9)11(6-12)7-15-8-11/h3-5,10,13H,6-8,12H2,1-2H3. The summed E-state index contributed by atoms with van der Waals surface area (Å²) in [6.45, 7) is 2.19. The van der Waals surface area contributed by atoms with Gasteiger partial charge in [0.1, 0.15) is 0 Å². The summed E-state index contributed by atoms with van der Waals surface area (Å²) in [6, 6.07) is 2.45. The SMILES string of the molecule is CN(C)C(c1cc[nH]c1)C1(CN)COC1. The number of nitrogens with one attached hydrogen (secondary N) is 1. The molecule has 1 unspecified atom stereocenters. The van der Waals surface area contributed by atoms with Gasteiger partial charge in [-0.15, -0.1) is 0 Å². The minimum atomic E-state index is 0.0890. The molecule has 1 aromatic heterocycles. The van der Waals surface area contributed by atoms with Crippen LogP contribution in [0.1, 0.15) is 11.6 Å². The van der Waals surface area contributed by atoms with Gasteiger partial charge in [-0.3, -0.25) is 0 Å². The van der Waals surface area contributed by atoms with Crippen LogP contribution in [-0.2, 0) is 4.74 Å². The summed E-state index contributed by atoms with van der Waals surface area (Å²) in [5.74, 6) is 0. The molecular formula is C11H19N3O. The van der Waals surface area contributed by atoms with E-state index in [0.717, 1.165) is 13.2 Å². The van der Waals surface area contributed by atoms with Crippen molar-refractivity contribution in [3.05, 3.63) is 24.0 Å². The smallest absolute Gasteiger partial charge is 0.0575 e. The average molecular weight is 209 g/mol. The monoisotopic (exact) mass is 209 g/mol. The maximum Gasteiger partial charge on any atom is 0.0575 e. The van der Waals surface area contributed by atoms with Gasteiger partial charge in [0.2, 0.25) is 0 Å². The highest BCUT2D eigenvalue weighted by atomic mass is 16.5. The van der Waals surface area contributed by atoms with Gasteiger partial charge in [-0.25, -0.2) is 0 Å². The van der Waals surface area contributed by atoms with Crippen molar-refractivity contribution in [2.45, 2.75) is 6.04 Å². The number of ether oxygens (including phenoxy) is 1. The molecule has 0 saturated carbocycles. The molecule has 1 aromatic rings. The number of aromatic nitrogens is 1. The van der Waals surface area contributed by atoms with E-state index in [4.69, 9.17) is 10.5 Å². The summed E-state index contributed by atoms with van der Waals surface area (Å²) in [6.07, 6.45) is 4.00. The number of aromatic amines is 1. The fourth-order valence-electron chi connectivity index (χ4n) is 2.46. The maximum atomic E-state index is 5.90. The Morgan fingerprint density at radius 2 is 2.33 bits per heavy atom. The molecule has 2 heterocycles. The molecule has 2 rings (SSSR count). The van der Waals surface area contributed by atoms with Crippen LogP contribution in [0.3, 0.4) is 0 Å². The van der Waals surface area contributed by atoms with Crippen LogP contribution in [0.5, 0.6) is 0 Å². The Hall–Kier alpha value is -0.840. The van der Waals surface area contributed by atoms with Gasteiger partial charge in [0.15, 0.2) is 0 Å². The topological polar surface area (TPSA) is 54.3 Å². The summed E-state index contributed by atoms with van der Waals surface area (Å²) < 4.78 is 5.34. The van der Waals surface area contributed by atoms with Crippen molar-refractivity contribution in [1.29, 1.82) is 0 Å². The number of hydrogen-bond donors (Lipinski definition) is 2. The van der Waals surface area contributed by atoms with Gasteiger partial charge in [-0.1, -0.05) is 0 Å². The summed E-state index contributed by atoms with van der Waals surface area (Å²) in [5, 5.41) is 0. The molecular weight excluding hydrogens is 190 g/mol. The van der Waals surface area contributed by atoms with E-state index >= 15 is 0 Å². The quantitative estimate of drug-likeness (QED) is 0.763. The van der Waals surface area contributed by atoms with E-state index in [9.17, 15) is 0 Å². The molecule has 0 spiro atoms. The summed E-state index contributed by atoms with van der Waals surface area (Å²) in [5.41, 5.74) is 7.27. The Morgan fingerprint density at radius 3 is 2.67 bits per heavy atom. The van der Waals surface area contributed by atoms with Crippen LogP contribution in [0.15, 0.2) is 18.5 Å². The second-order valence-corrected chi connectivity index (χ2v) is 4.57. The predicted octanol–water partition coefficient (Wildman–Crippen LogP) is 0.593. The second-order valence-electron chi connectivity index (χ2n) is 4.57. The summed E-state index contributed by atoms with van der Waals surface area (Å²) in [7, 11) is 4.18. The first-order chi connectivity index (χ1) is 7.19. The van der Waals surface area contributed by atoms with Crippen LogP contribution in [-0.4, -0.2) is 43.7 Å². The van der Waals surface area contributed by atoms with Gasteiger partial charge in [0.05, 0.1) is 13.2 Å². The maximum absolute atomic E-state index is 5.90. The Bertz CT molecular complexity index is 298. The lowest BCUT2D eigenvalue weighted by atomic mass is 9.75. The molecule has 0 amide bonds. The first kappa shape index (κ1) is 10.7. The van der Waals surface area contributed by atoms with E-state index in [1.807, 2.05) is 12.4 Å². The Morgan fingerprint density at radius 1 is 1.60 bits per heavy atom. The summed E-state index contributed by atoms with van der Waals surface area (Å²) >= 11 is 0. The lowest BCUT2D eigenvalue weighted by Crippen LogP contribution is -2.55. The molecule has 84 valence electrons. The highest BCUT2D eigenvalue weighted by Gasteiger charge is 2.46. The zero-order valence-corrected chi connectivity index (χ0v) is 9.36. The lowest BCUT2D eigenvalue weighted by molar-refractivity contribution is -0.145. The van der Waals surface area contributed by atoms with E-state index in [-0.39, 0.29) is 5.41 Å². The molecule has 1 fully saturated rings. The Kier molecular flexibility index (Phi) is 2.82. The molecule has 0 bridgehead atoms. The number of H-pyrrole nitrogens is 1. The molecule has 0 aliphatic carbocycles. The Labute approximate surface area is 90.4 Å². The van der Waals surface area contributed by atoms with E-state index in [1.165, 1.54) is 5.56 Å². The van der Waals surface area contributed by atoms with Crippen molar-refractivity contribution in [3.63, 3.8) is 0 Å². The lowest BCUT2D eigenvalue weighted by Gasteiger charge is -2.48. The minimum absolute atomic E-state index is 0.0890. The van der Waals surface area contributed by atoms with Crippen molar-refractivity contribution >= 4 is 0 Å². The van der Waals surface area contributed by atoms with Gasteiger partial charge in [0.25, 0.3) is 0 Å². The van der Waals surface area contributed by atoms with Crippen molar-refractivity contribution in [1.82, 2.24) is 9.88 Å². The molecule has 0 radical (unpaired) electrons. The number of hydrogen-bond acceptors (Lipinski definition) is 3. The fourth-order valence-corrected chi connectivity index (χ4v) is 2.46. The van der Waals surface area contributed by atoms with Crippen molar-refractivity contribution in [3.8, 4) is 0 Å². The zero-order valence-electron chi connectivity index (χ0n) is 9.36. The van der Waals surface area contributed by atoms with E-state index in [2.05, 4.69) is 30.0 Å². The molecule has 4 heteroatoms. The first-order valence-corrected chi connectivity index (χ1v) is 5.26. The second kappa shape index (κ2) is 3.96. The fraction of sp³-hybridized carbons (Fsp3) is 0.636. The molecule has 1 atom stereocenters. The van der Waals surface area contributed by atoms with Crippen molar-refractivity contribution in [2.75, 3.05) is 33.9 Å². The molecule has 15 heavy (non-hydrogen) atoms. The number of nitrogens with two attached hydrogens (primary N) is 1. The van der Waals surface area contributed by atoms with Crippen LogP contribution in [0.4, 0.5) is 0 Å². The summed E-state index contributed by atoms with van der Waals surface area (Å²) in [4.78, 5) is 5.32. The highest BCUT2D eigenvalue weighted by Crippen LogP contribution is 2.42. The van der Waals surface area contributed by atoms with Gasteiger partial charge >= 0.3 is 0 Å². The van der Waals surface area contributed by atoms with E-state index < -0.39 is 0 Å². The third kappa shape index (κ3) is 1.69.